The van der Waals surface area contributed by atoms with Crippen molar-refractivity contribution < 1.29 is 18.4 Å². The van der Waals surface area contributed by atoms with Gasteiger partial charge in [0.1, 0.15) is 0 Å². The molecule has 1 fully saturated rings. The minimum absolute atomic E-state index is 0.301. The van der Waals surface area contributed by atoms with Gasteiger partial charge in [0.2, 0.25) is 0 Å². The van der Waals surface area contributed by atoms with E-state index in [1.807, 2.05) is 0 Å². The fourth-order valence-corrected chi connectivity index (χ4v) is 1.67. The van der Waals surface area contributed by atoms with E-state index in [1.165, 1.54) is 0 Å². The molecule has 12 heavy (non-hydrogen) atoms. The molecule has 2 unspecified atom stereocenters. The highest BCUT2D eigenvalue weighted by Gasteiger charge is 2.35. The van der Waals surface area contributed by atoms with Crippen molar-refractivity contribution in [1.29, 1.82) is 0 Å². The number of hydrogen-bond donors (Lipinski definition) is 0. The first-order valence-corrected chi connectivity index (χ1v) is 4.01. The van der Waals surface area contributed by atoms with Crippen molar-refractivity contribution in [3.8, 4) is 0 Å². The molecule has 0 saturated heterocycles. The van der Waals surface area contributed by atoms with Crippen molar-refractivity contribution in [3.63, 3.8) is 0 Å². The van der Waals surface area contributed by atoms with Crippen molar-refractivity contribution >= 4 is 12.1 Å². The number of carbonyl (C=O) groups excluding carboxylic acids is 2. The molecule has 1 aliphatic rings. The Bertz CT molecular complexity index is 181. The van der Waals surface area contributed by atoms with E-state index in [4.69, 9.17) is 0 Å². The summed E-state index contributed by atoms with van der Waals surface area (Å²) in [6, 6.07) is -3.10. The third kappa shape index (κ3) is 1.87. The molecule has 0 radical (unpaired) electrons. The zero-order valence-corrected chi connectivity index (χ0v) is 6.56. The van der Waals surface area contributed by atoms with E-state index in [2.05, 4.69) is 0 Å². The highest BCUT2D eigenvalue weighted by atomic mass is 19.1. The summed E-state index contributed by atoms with van der Waals surface area (Å²) in [7, 11) is 0. The molecule has 0 bridgehead atoms. The minimum atomic E-state index is -1.55. The van der Waals surface area contributed by atoms with E-state index >= 15 is 0 Å². The standard InChI is InChI=1S/C8H10F2O2/c9-7(11)5-3-1-2-4-6(5)8(10)12/h5-6H,1-4H2. The van der Waals surface area contributed by atoms with Crippen LogP contribution in [0.2, 0.25) is 0 Å². The topological polar surface area (TPSA) is 34.1 Å². The van der Waals surface area contributed by atoms with Crippen LogP contribution in [0.3, 0.4) is 0 Å². The highest BCUT2D eigenvalue weighted by molar-refractivity contribution is 5.81. The molecule has 1 rings (SSSR count). The van der Waals surface area contributed by atoms with E-state index in [0.717, 1.165) is 0 Å². The third-order valence-electron chi connectivity index (χ3n) is 2.35. The average molecular weight is 176 g/mol. The Hall–Kier alpha value is -0.800. The van der Waals surface area contributed by atoms with Gasteiger partial charge in [-0.25, -0.2) is 0 Å². The predicted molar refractivity (Wildman–Crippen MR) is 37.7 cm³/mol. The maximum Gasteiger partial charge on any atom is 0.305 e. The Morgan fingerprint density at radius 1 is 0.917 bits per heavy atom. The molecule has 0 aromatic carbocycles. The molecule has 2 atom stereocenters. The molecule has 1 saturated carbocycles. The van der Waals surface area contributed by atoms with Crippen LogP contribution in [-0.2, 0) is 9.59 Å². The van der Waals surface area contributed by atoms with Crippen LogP contribution < -0.4 is 0 Å². The maximum atomic E-state index is 12.2. The van der Waals surface area contributed by atoms with Crippen molar-refractivity contribution in [2.75, 3.05) is 0 Å². The summed E-state index contributed by atoms with van der Waals surface area (Å²) in [5.74, 6) is -2.03. The van der Waals surface area contributed by atoms with E-state index in [9.17, 15) is 18.4 Å². The predicted octanol–water partition coefficient (Wildman–Crippen LogP) is 1.79. The average Bonchev–Trinajstić information content (AvgIpc) is 2.04. The van der Waals surface area contributed by atoms with Crippen LogP contribution in [0.25, 0.3) is 0 Å². The molecule has 1 aliphatic carbocycles. The lowest BCUT2D eigenvalue weighted by atomic mass is 9.80. The van der Waals surface area contributed by atoms with Crippen molar-refractivity contribution in [2.24, 2.45) is 11.8 Å². The van der Waals surface area contributed by atoms with Gasteiger partial charge >= 0.3 is 12.1 Å². The number of carbonyl (C=O) groups is 2. The molecule has 0 N–H and O–H groups in total. The molecule has 68 valence electrons. The van der Waals surface area contributed by atoms with Crippen LogP contribution in [-0.4, -0.2) is 12.1 Å². The lowest BCUT2D eigenvalue weighted by Crippen LogP contribution is -2.29. The first-order valence-electron chi connectivity index (χ1n) is 4.01. The molecule has 4 heteroatoms. The number of rotatable bonds is 2. The van der Waals surface area contributed by atoms with Gasteiger partial charge < -0.3 is 0 Å². The van der Waals surface area contributed by atoms with E-state index in [0.29, 0.717) is 25.7 Å². The quantitative estimate of drug-likeness (QED) is 0.601. The van der Waals surface area contributed by atoms with Crippen LogP contribution in [0.4, 0.5) is 8.78 Å². The summed E-state index contributed by atoms with van der Waals surface area (Å²) in [5.41, 5.74) is 0. The molecule has 0 heterocycles. The second-order valence-corrected chi connectivity index (χ2v) is 3.11. The highest BCUT2D eigenvalue weighted by Crippen LogP contribution is 2.31. The zero-order valence-electron chi connectivity index (χ0n) is 6.56. The molecule has 0 aromatic heterocycles. The summed E-state index contributed by atoms with van der Waals surface area (Å²) < 4.78 is 24.5. The second-order valence-electron chi connectivity index (χ2n) is 3.11. The van der Waals surface area contributed by atoms with Gasteiger partial charge in [-0.1, -0.05) is 12.8 Å². The molecule has 0 aromatic rings. The van der Waals surface area contributed by atoms with Gasteiger partial charge in [0.25, 0.3) is 0 Å². The summed E-state index contributed by atoms with van der Waals surface area (Å²) in [6.45, 7) is 0. The SMILES string of the molecule is O=C(F)C1CCCCC1C(=O)F. The fraction of sp³-hybridized carbons (Fsp3) is 0.750. The van der Waals surface area contributed by atoms with Crippen molar-refractivity contribution in [2.45, 2.75) is 25.7 Å². The smallest absolute Gasteiger partial charge is 0.261 e. The van der Waals surface area contributed by atoms with Crippen LogP contribution in [0.5, 0.6) is 0 Å². The van der Waals surface area contributed by atoms with Gasteiger partial charge in [-0.3, -0.25) is 9.59 Å². The minimum Gasteiger partial charge on any atom is -0.261 e. The molecular formula is C8H10F2O2. The van der Waals surface area contributed by atoms with Gasteiger partial charge in [-0.05, 0) is 12.8 Å². The van der Waals surface area contributed by atoms with Crippen molar-refractivity contribution in [3.05, 3.63) is 0 Å². The fourth-order valence-electron chi connectivity index (χ4n) is 1.67. The van der Waals surface area contributed by atoms with Crippen LogP contribution in [0.15, 0.2) is 0 Å². The first kappa shape index (κ1) is 9.29. The number of hydrogen-bond acceptors (Lipinski definition) is 2. The van der Waals surface area contributed by atoms with E-state index < -0.39 is 23.9 Å². The normalized spacial score (nSPS) is 29.8. The van der Waals surface area contributed by atoms with Gasteiger partial charge in [0.15, 0.2) is 0 Å². The molecular weight excluding hydrogens is 166 g/mol. The second kappa shape index (κ2) is 3.74. The monoisotopic (exact) mass is 176 g/mol. The first-order chi connectivity index (χ1) is 5.63. The Labute approximate surface area is 68.9 Å². The lowest BCUT2D eigenvalue weighted by molar-refractivity contribution is -0.146. The van der Waals surface area contributed by atoms with Gasteiger partial charge in [-0.15, -0.1) is 0 Å². The van der Waals surface area contributed by atoms with Crippen LogP contribution in [0, 0.1) is 11.8 Å². The molecule has 0 spiro atoms. The summed E-state index contributed by atoms with van der Waals surface area (Å²) in [4.78, 5) is 20.7. The van der Waals surface area contributed by atoms with Crippen molar-refractivity contribution in [1.82, 2.24) is 0 Å². The van der Waals surface area contributed by atoms with Gasteiger partial charge in [0, 0.05) is 0 Å². The Kier molecular flexibility index (Phi) is 2.89. The molecule has 0 amide bonds. The Morgan fingerprint density at radius 2 is 1.25 bits per heavy atom. The maximum absolute atomic E-state index is 12.2. The molecule has 0 aliphatic heterocycles. The Balaban J connectivity index is 2.67. The van der Waals surface area contributed by atoms with Crippen LogP contribution >= 0.6 is 0 Å². The van der Waals surface area contributed by atoms with Gasteiger partial charge in [-0.2, -0.15) is 8.78 Å². The van der Waals surface area contributed by atoms with E-state index in [-0.39, 0.29) is 0 Å². The molecule has 2 nitrogen and oxygen atoms in total. The van der Waals surface area contributed by atoms with Gasteiger partial charge in [0.05, 0.1) is 11.8 Å². The lowest BCUT2D eigenvalue weighted by Gasteiger charge is -2.23. The Morgan fingerprint density at radius 3 is 1.50 bits per heavy atom. The van der Waals surface area contributed by atoms with Crippen LogP contribution in [0.1, 0.15) is 25.7 Å². The third-order valence-corrected chi connectivity index (χ3v) is 2.35. The summed E-state index contributed by atoms with van der Waals surface area (Å²) >= 11 is 0. The zero-order chi connectivity index (χ0) is 9.14. The summed E-state index contributed by atoms with van der Waals surface area (Å²) in [6.07, 6.45) is 2.00. The number of halogens is 2. The van der Waals surface area contributed by atoms with E-state index in [1.54, 1.807) is 0 Å². The largest absolute Gasteiger partial charge is 0.305 e. The summed E-state index contributed by atoms with van der Waals surface area (Å²) in [5, 5.41) is 0.